The maximum Gasteiger partial charge on any atom is 0.222 e. The SMILES string of the molecule is O=C(CCc1cn[nH]c1)N1CCC[C@@H](CCc2ccccc2F)C1. The van der Waals surface area contributed by atoms with Crippen LogP contribution in [0.4, 0.5) is 4.39 Å². The number of hydrogen-bond donors (Lipinski definition) is 1. The molecule has 4 nitrogen and oxygen atoms in total. The van der Waals surface area contributed by atoms with Crippen LogP contribution in [0, 0.1) is 11.7 Å². The predicted molar refractivity (Wildman–Crippen MR) is 90.9 cm³/mol. The number of halogens is 1. The van der Waals surface area contributed by atoms with Crippen molar-refractivity contribution in [2.75, 3.05) is 13.1 Å². The van der Waals surface area contributed by atoms with E-state index in [0.717, 1.165) is 56.3 Å². The van der Waals surface area contributed by atoms with E-state index in [1.807, 2.05) is 23.2 Å². The molecule has 1 fully saturated rings. The molecule has 1 aromatic carbocycles. The van der Waals surface area contributed by atoms with Crippen molar-refractivity contribution >= 4 is 5.91 Å². The fourth-order valence-electron chi connectivity index (χ4n) is 3.41. The number of aryl methyl sites for hydroxylation is 2. The van der Waals surface area contributed by atoms with Crippen molar-refractivity contribution in [3.8, 4) is 0 Å². The van der Waals surface area contributed by atoms with Crippen LogP contribution in [0.5, 0.6) is 0 Å². The van der Waals surface area contributed by atoms with Crippen LogP contribution in [0.2, 0.25) is 0 Å². The first-order valence-electron chi connectivity index (χ1n) is 8.71. The van der Waals surface area contributed by atoms with Crippen LogP contribution < -0.4 is 0 Å². The molecule has 0 radical (unpaired) electrons. The summed E-state index contributed by atoms with van der Waals surface area (Å²) in [5, 5.41) is 6.68. The highest BCUT2D eigenvalue weighted by molar-refractivity contribution is 5.76. The highest BCUT2D eigenvalue weighted by Crippen LogP contribution is 2.23. The van der Waals surface area contributed by atoms with Gasteiger partial charge in [-0.25, -0.2) is 4.39 Å². The molecule has 0 saturated carbocycles. The first kappa shape index (κ1) is 16.7. The summed E-state index contributed by atoms with van der Waals surface area (Å²) in [6, 6.07) is 6.97. The van der Waals surface area contributed by atoms with E-state index in [1.165, 1.54) is 6.07 Å². The third-order valence-corrected chi connectivity index (χ3v) is 4.83. The van der Waals surface area contributed by atoms with Crippen LogP contribution >= 0.6 is 0 Å². The van der Waals surface area contributed by atoms with Gasteiger partial charge in [0.25, 0.3) is 0 Å². The number of nitrogens with zero attached hydrogens (tertiary/aromatic N) is 2. The minimum absolute atomic E-state index is 0.124. The fraction of sp³-hybridized carbons (Fsp3) is 0.474. The van der Waals surface area contributed by atoms with Crippen molar-refractivity contribution in [3.05, 3.63) is 53.6 Å². The van der Waals surface area contributed by atoms with Crippen LogP contribution in [0.25, 0.3) is 0 Å². The largest absolute Gasteiger partial charge is 0.342 e. The Bertz CT molecular complexity index is 656. The van der Waals surface area contributed by atoms with Gasteiger partial charge >= 0.3 is 0 Å². The molecule has 0 unspecified atom stereocenters. The highest BCUT2D eigenvalue weighted by atomic mass is 19.1. The first-order valence-corrected chi connectivity index (χ1v) is 8.71. The van der Waals surface area contributed by atoms with E-state index in [0.29, 0.717) is 12.3 Å². The second-order valence-electron chi connectivity index (χ2n) is 6.58. The molecule has 0 bridgehead atoms. The van der Waals surface area contributed by atoms with Crippen molar-refractivity contribution in [2.45, 2.75) is 38.5 Å². The average molecular weight is 329 g/mol. The third-order valence-electron chi connectivity index (χ3n) is 4.83. The summed E-state index contributed by atoms with van der Waals surface area (Å²) < 4.78 is 13.7. The Morgan fingerprint density at radius 3 is 3.00 bits per heavy atom. The van der Waals surface area contributed by atoms with Gasteiger partial charge < -0.3 is 4.90 Å². The van der Waals surface area contributed by atoms with Crippen LogP contribution in [0.15, 0.2) is 36.7 Å². The molecular formula is C19H24FN3O. The number of aromatic amines is 1. The molecule has 5 heteroatoms. The monoisotopic (exact) mass is 329 g/mol. The maximum atomic E-state index is 13.7. The van der Waals surface area contributed by atoms with E-state index >= 15 is 0 Å². The van der Waals surface area contributed by atoms with Crippen LogP contribution in [-0.4, -0.2) is 34.1 Å². The Kier molecular flexibility index (Phi) is 5.62. The van der Waals surface area contributed by atoms with Crippen LogP contribution in [-0.2, 0) is 17.6 Å². The van der Waals surface area contributed by atoms with Gasteiger partial charge in [0.2, 0.25) is 5.91 Å². The summed E-state index contributed by atoms with van der Waals surface area (Å²) >= 11 is 0. The van der Waals surface area contributed by atoms with Gasteiger partial charge in [0.1, 0.15) is 5.82 Å². The standard InChI is InChI=1S/C19H24FN3O/c20-18-6-2-1-5-17(18)9-7-15-4-3-11-23(14-15)19(24)10-8-16-12-21-22-13-16/h1-2,5-6,12-13,15H,3-4,7-11,14H2,(H,21,22)/t15-/m0/s1. The lowest BCUT2D eigenvalue weighted by Gasteiger charge is -2.33. The Hall–Kier alpha value is -2.17. The maximum absolute atomic E-state index is 13.7. The van der Waals surface area contributed by atoms with Crippen molar-refractivity contribution in [2.24, 2.45) is 5.92 Å². The molecule has 3 rings (SSSR count). The molecule has 2 aromatic rings. The predicted octanol–water partition coefficient (Wildman–Crippen LogP) is 3.35. The van der Waals surface area contributed by atoms with E-state index in [-0.39, 0.29) is 11.7 Å². The number of rotatable bonds is 6. The van der Waals surface area contributed by atoms with Crippen molar-refractivity contribution < 1.29 is 9.18 Å². The molecule has 1 saturated heterocycles. The number of carbonyl (C=O) groups is 1. The van der Waals surface area contributed by atoms with Gasteiger partial charge in [-0.2, -0.15) is 5.10 Å². The first-order chi connectivity index (χ1) is 11.7. The molecule has 1 aliphatic rings. The van der Waals surface area contributed by atoms with Gasteiger partial charge in [-0.05, 0) is 55.2 Å². The number of likely N-dealkylation sites (tertiary alicyclic amines) is 1. The molecule has 0 spiro atoms. The number of carbonyl (C=O) groups excluding carboxylic acids is 1. The zero-order valence-corrected chi connectivity index (χ0v) is 13.9. The minimum Gasteiger partial charge on any atom is -0.342 e. The molecular weight excluding hydrogens is 305 g/mol. The quantitative estimate of drug-likeness (QED) is 0.883. The number of benzene rings is 1. The Morgan fingerprint density at radius 1 is 1.33 bits per heavy atom. The smallest absolute Gasteiger partial charge is 0.222 e. The van der Waals surface area contributed by atoms with Crippen LogP contribution in [0.3, 0.4) is 0 Å². The van der Waals surface area contributed by atoms with E-state index in [9.17, 15) is 9.18 Å². The topological polar surface area (TPSA) is 49.0 Å². The van der Waals surface area contributed by atoms with Crippen molar-refractivity contribution in [1.29, 1.82) is 0 Å². The molecule has 0 aliphatic carbocycles. The summed E-state index contributed by atoms with van der Waals surface area (Å²) in [6.45, 7) is 1.65. The van der Waals surface area contributed by atoms with E-state index in [1.54, 1.807) is 12.3 Å². The summed E-state index contributed by atoms with van der Waals surface area (Å²) in [6.07, 6.45) is 8.70. The Balaban J connectivity index is 1.47. The van der Waals surface area contributed by atoms with Gasteiger partial charge in [-0.1, -0.05) is 18.2 Å². The van der Waals surface area contributed by atoms with Gasteiger partial charge in [-0.15, -0.1) is 0 Å². The summed E-state index contributed by atoms with van der Waals surface area (Å²) in [5.74, 6) is 0.560. The summed E-state index contributed by atoms with van der Waals surface area (Å²) in [5.41, 5.74) is 1.84. The van der Waals surface area contributed by atoms with Gasteiger partial charge in [0.15, 0.2) is 0 Å². The number of aromatic nitrogens is 2. The second-order valence-corrected chi connectivity index (χ2v) is 6.58. The number of piperidine rings is 1. The van der Waals surface area contributed by atoms with E-state index in [2.05, 4.69) is 10.2 Å². The molecule has 2 heterocycles. The zero-order chi connectivity index (χ0) is 16.8. The normalized spacial score (nSPS) is 17.9. The second kappa shape index (κ2) is 8.08. The summed E-state index contributed by atoms with van der Waals surface area (Å²) in [7, 11) is 0. The molecule has 1 N–H and O–H groups in total. The lowest BCUT2D eigenvalue weighted by atomic mass is 9.91. The number of amides is 1. The van der Waals surface area contributed by atoms with Gasteiger partial charge in [0.05, 0.1) is 6.20 Å². The lowest BCUT2D eigenvalue weighted by molar-refractivity contribution is -0.133. The molecule has 1 amide bonds. The number of nitrogens with one attached hydrogen (secondary N) is 1. The Morgan fingerprint density at radius 2 is 2.21 bits per heavy atom. The third kappa shape index (κ3) is 4.43. The Labute approximate surface area is 142 Å². The molecule has 1 aliphatic heterocycles. The van der Waals surface area contributed by atoms with Gasteiger partial charge in [-0.3, -0.25) is 9.89 Å². The molecule has 24 heavy (non-hydrogen) atoms. The van der Waals surface area contributed by atoms with Crippen LogP contribution in [0.1, 0.15) is 36.8 Å². The fourth-order valence-corrected chi connectivity index (χ4v) is 3.41. The van der Waals surface area contributed by atoms with Crippen molar-refractivity contribution in [1.82, 2.24) is 15.1 Å². The van der Waals surface area contributed by atoms with Gasteiger partial charge in [0, 0.05) is 25.7 Å². The zero-order valence-electron chi connectivity index (χ0n) is 13.9. The highest BCUT2D eigenvalue weighted by Gasteiger charge is 2.23. The average Bonchev–Trinajstić information content (AvgIpc) is 3.13. The molecule has 128 valence electrons. The molecule has 1 aromatic heterocycles. The summed E-state index contributed by atoms with van der Waals surface area (Å²) in [4.78, 5) is 14.4. The van der Waals surface area contributed by atoms with E-state index < -0.39 is 0 Å². The van der Waals surface area contributed by atoms with Crippen molar-refractivity contribution in [3.63, 3.8) is 0 Å². The van der Waals surface area contributed by atoms with E-state index in [4.69, 9.17) is 0 Å². The number of H-pyrrole nitrogens is 1. The molecule has 1 atom stereocenters. The number of hydrogen-bond acceptors (Lipinski definition) is 2. The lowest BCUT2D eigenvalue weighted by Crippen LogP contribution is -2.40. The minimum atomic E-state index is -0.124.